The fourth-order valence-corrected chi connectivity index (χ4v) is 9.37. The van der Waals surface area contributed by atoms with E-state index in [4.69, 9.17) is 0 Å². The van der Waals surface area contributed by atoms with Crippen molar-refractivity contribution in [3.63, 3.8) is 0 Å². The zero-order valence-electron chi connectivity index (χ0n) is 20.8. The number of aliphatic hydroxyl groups is 1. The Morgan fingerprint density at radius 2 is 1.26 bits per heavy atom. The standard InChI is InChI=1S/C32H36OP/c1-25(20-21-31-26(2)22-27(33)23-32(31,3)4)24-34(28-14-8-5-9-15-28,29-16-10-6-11-17-29)30-18-12-7-13-19-30/h5-21,24,27,33H,22-23H2,1-4H3/q+1/b21-20+,25-24+/t27-/m1/s1. The second kappa shape index (κ2) is 10.3. The van der Waals surface area contributed by atoms with Gasteiger partial charge in [-0.05, 0) is 79.6 Å². The summed E-state index contributed by atoms with van der Waals surface area (Å²) in [6, 6.07) is 32.9. The van der Waals surface area contributed by atoms with E-state index in [-0.39, 0.29) is 11.5 Å². The molecule has 1 aliphatic rings. The number of rotatable bonds is 6. The Bertz CT molecular complexity index is 1090. The van der Waals surface area contributed by atoms with Gasteiger partial charge in [0.1, 0.15) is 23.2 Å². The molecule has 0 saturated heterocycles. The molecule has 3 aromatic rings. The van der Waals surface area contributed by atoms with E-state index < -0.39 is 7.26 Å². The van der Waals surface area contributed by atoms with Crippen molar-refractivity contribution in [2.24, 2.45) is 5.41 Å². The van der Waals surface area contributed by atoms with Gasteiger partial charge in [-0.25, -0.2) is 0 Å². The Morgan fingerprint density at radius 1 is 0.824 bits per heavy atom. The fraction of sp³-hybridized carbons (Fsp3) is 0.250. The van der Waals surface area contributed by atoms with Crippen molar-refractivity contribution in [1.29, 1.82) is 0 Å². The highest BCUT2D eigenvalue weighted by molar-refractivity contribution is 7.98. The van der Waals surface area contributed by atoms with Crippen LogP contribution >= 0.6 is 7.26 Å². The van der Waals surface area contributed by atoms with Crippen LogP contribution in [0.2, 0.25) is 0 Å². The van der Waals surface area contributed by atoms with Gasteiger partial charge in [0.2, 0.25) is 0 Å². The average molecular weight is 468 g/mol. The van der Waals surface area contributed by atoms with Crippen molar-refractivity contribution in [3.05, 3.63) is 126 Å². The zero-order chi connectivity index (χ0) is 24.2. The summed E-state index contributed by atoms with van der Waals surface area (Å²) >= 11 is 0. The van der Waals surface area contributed by atoms with Gasteiger partial charge in [-0.15, -0.1) is 0 Å². The van der Waals surface area contributed by atoms with Crippen molar-refractivity contribution in [2.75, 3.05) is 0 Å². The molecule has 1 atom stereocenters. The van der Waals surface area contributed by atoms with Gasteiger partial charge in [0.15, 0.2) is 0 Å². The molecule has 0 bridgehead atoms. The smallest absolute Gasteiger partial charge is 0.137 e. The van der Waals surface area contributed by atoms with E-state index in [0.717, 1.165) is 12.8 Å². The van der Waals surface area contributed by atoms with E-state index in [2.05, 4.69) is 137 Å². The van der Waals surface area contributed by atoms with Gasteiger partial charge in [0.05, 0.1) is 11.9 Å². The van der Waals surface area contributed by atoms with Crippen molar-refractivity contribution >= 4 is 23.2 Å². The minimum absolute atomic E-state index is 0.0248. The van der Waals surface area contributed by atoms with Gasteiger partial charge in [-0.1, -0.05) is 86.2 Å². The minimum atomic E-state index is -2.01. The van der Waals surface area contributed by atoms with Crippen LogP contribution in [-0.4, -0.2) is 11.2 Å². The Kier molecular flexibility index (Phi) is 7.36. The summed E-state index contributed by atoms with van der Waals surface area (Å²) in [7, 11) is -2.01. The molecule has 0 aliphatic heterocycles. The summed E-state index contributed by atoms with van der Waals surface area (Å²) in [5, 5.41) is 14.4. The SMILES string of the molecule is CC1=C(/C=C/C(C)=C/[P+](c2ccccc2)(c2ccccc2)c2ccccc2)C(C)(C)C[C@H](O)C1. The molecule has 1 N–H and O–H groups in total. The Hall–Kier alpha value is -2.73. The van der Waals surface area contributed by atoms with Crippen molar-refractivity contribution in [3.8, 4) is 0 Å². The maximum absolute atomic E-state index is 10.3. The highest BCUT2D eigenvalue weighted by atomic mass is 31.2. The van der Waals surface area contributed by atoms with Crippen LogP contribution < -0.4 is 15.9 Å². The van der Waals surface area contributed by atoms with Crippen LogP contribution in [0.3, 0.4) is 0 Å². The highest BCUT2D eigenvalue weighted by Gasteiger charge is 2.43. The number of hydrogen-bond donors (Lipinski definition) is 1. The largest absolute Gasteiger partial charge is 0.393 e. The van der Waals surface area contributed by atoms with Crippen LogP contribution in [0.4, 0.5) is 0 Å². The molecular weight excluding hydrogens is 431 g/mol. The topological polar surface area (TPSA) is 20.2 Å². The van der Waals surface area contributed by atoms with Gasteiger partial charge < -0.3 is 5.11 Å². The monoisotopic (exact) mass is 467 g/mol. The molecule has 0 radical (unpaired) electrons. The average Bonchev–Trinajstić information content (AvgIpc) is 2.83. The maximum atomic E-state index is 10.3. The lowest BCUT2D eigenvalue weighted by Gasteiger charge is -2.35. The first kappa shape index (κ1) is 24.4. The predicted molar refractivity (Wildman–Crippen MR) is 150 cm³/mol. The molecule has 0 heterocycles. The predicted octanol–water partition coefficient (Wildman–Crippen LogP) is 6.94. The second-order valence-electron chi connectivity index (χ2n) is 10.1. The van der Waals surface area contributed by atoms with Crippen molar-refractivity contribution in [2.45, 2.75) is 46.6 Å². The number of aliphatic hydroxyl groups excluding tert-OH is 1. The summed E-state index contributed by atoms with van der Waals surface area (Å²) < 4.78 is 0. The molecule has 0 fully saturated rings. The lowest BCUT2D eigenvalue weighted by Crippen LogP contribution is -2.29. The van der Waals surface area contributed by atoms with Crippen molar-refractivity contribution in [1.82, 2.24) is 0 Å². The lowest BCUT2D eigenvalue weighted by atomic mass is 9.71. The fourth-order valence-electron chi connectivity index (χ4n) is 5.40. The summed E-state index contributed by atoms with van der Waals surface area (Å²) in [6.07, 6.45) is 5.91. The van der Waals surface area contributed by atoms with E-state index in [1.807, 2.05) is 0 Å². The molecule has 1 nitrogen and oxygen atoms in total. The molecular formula is C32H36OP+. The minimum Gasteiger partial charge on any atom is -0.393 e. The number of allylic oxidation sites excluding steroid dienone is 4. The zero-order valence-corrected chi connectivity index (χ0v) is 21.7. The molecule has 1 aliphatic carbocycles. The van der Waals surface area contributed by atoms with E-state index in [0.29, 0.717) is 0 Å². The van der Waals surface area contributed by atoms with Crippen LogP contribution in [0.25, 0.3) is 0 Å². The van der Waals surface area contributed by atoms with Crippen LogP contribution in [0.5, 0.6) is 0 Å². The third-order valence-electron chi connectivity index (χ3n) is 6.88. The molecule has 0 saturated carbocycles. The summed E-state index contributed by atoms with van der Waals surface area (Å²) in [5.41, 5.74) is 3.88. The molecule has 174 valence electrons. The number of hydrogen-bond acceptors (Lipinski definition) is 1. The van der Waals surface area contributed by atoms with E-state index >= 15 is 0 Å². The van der Waals surface area contributed by atoms with Crippen LogP contribution in [-0.2, 0) is 0 Å². The van der Waals surface area contributed by atoms with Crippen LogP contribution in [0.15, 0.2) is 126 Å². The second-order valence-corrected chi connectivity index (χ2v) is 13.3. The maximum Gasteiger partial charge on any atom is 0.137 e. The first-order chi connectivity index (χ1) is 16.3. The molecule has 4 rings (SSSR count). The van der Waals surface area contributed by atoms with Crippen LogP contribution in [0, 0.1) is 5.41 Å². The Labute approximate surface area is 205 Å². The molecule has 0 aromatic heterocycles. The number of benzene rings is 3. The third-order valence-corrected chi connectivity index (χ3v) is 11.0. The van der Waals surface area contributed by atoms with E-state index in [9.17, 15) is 5.11 Å². The van der Waals surface area contributed by atoms with Gasteiger partial charge in [-0.2, -0.15) is 0 Å². The van der Waals surface area contributed by atoms with Crippen LogP contribution in [0.1, 0.15) is 40.5 Å². The van der Waals surface area contributed by atoms with Gasteiger partial charge in [-0.3, -0.25) is 0 Å². The van der Waals surface area contributed by atoms with E-state index in [1.165, 1.54) is 32.6 Å². The normalized spacial score (nSPS) is 19.0. The third kappa shape index (κ3) is 5.02. The quantitative estimate of drug-likeness (QED) is 0.308. The first-order valence-corrected chi connectivity index (χ1v) is 14.0. The van der Waals surface area contributed by atoms with Gasteiger partial charge >= 0.3 is 0 Å². The summed E-state index contributed by atoms with van der Waals surface area (Å²) in [6.45, 7) is 8.87. The Balaban J connectivity index is 1.88. The first-order valence-electron chi connectivity index (χ1n) is 12.1. The molecule has 3 aromatic carbocycles. The van der Waals surface area contributed by atoms with Crippen molar-refractivity contribution < 1.29 is 5.11 Å². The highest BCUT2D eigenvalue weighted by Crippen LogP contribution is 2.57. The van der Waals surface area contributed by atoms with Gasteiger partial charge in [0, 0.05) is 0 Å². The molecule has 0 amide bonds. The van der Waals surface area contributed by atoms with E-state index in [1.54, 1.807) is 0 Å². The van der Waals surface area contributed by atoms with Gasteiger partial charge in [0.25, 0.3) is 0 Å². The molecule has 0 spiro atoms. The molecule has 2 heteroatoms. The molecule has 34 heavy (non-hydrogen) atoms. The summed E-state index contributed by atoms with van der Waals surface area (Å²) in [4.78, 5) is 0. The summed E-state index contributed by atoms with van der Waals surface area (Å²) in [5.74, 6) is 2.52. The Morgan fingerprint density at radius 3 is 1.68 bits per heavy atom. The lowest BCUT2D eigenvalue weighted by molar-refractivity contribution is 0.116. The molecule has 0 unspecified atom stereocenters.